The number of hydrogen-bond acceptors (Lipinski definition) is 10. The van der Waals surface area contributed by atoms with Gasteiger partial charge in [0.2, 0.25) is 0 Å². The highest BCUT2D eigenvalue weighted by Crippen LogP contribution is 2.26. The van der Waals surface area contributed by atoms with E-state index in [1.807, 2.05) is 36.4 Å². The van der Waals surface area contributed by atoms with Gasteiger partial charge in [0.1, 0.15) is 0 Å². The summed E-state index contributed by atoms with van der Waals surface area (Å²) in [7, 11) is 0. The van der Waals surface area contributed by atoms with Crippen molar-refractivity contribution >= 4 is 57.0 Å². The van der Waals surface area contributed by atoms with Crippen LogP contribution in [0.15, 0.2) is 84.9 Å². The fourth-order valence-corrected chi connectivity index (χ4v) is 6.39. The Labute approximate surface area is 277 Å². The van der Waals surface area contributed by atoms with Crippen molar-refractivity contribution in [1.82, 2.24) is 19.8 Å². The van der Waals surface area contributed by atoms with E-state index in [0.717, 1.165) is 96.9 Å². The number of anilines is 2. The van der Waals surface area contributed by atoms with Gasteiger partial charge < -0.3 is 9.80 Å². The largest absolute Gasteiger partial charge is 0.369 e. The second kappa shape index (κ2) is 13.8. The fraction of sp³-hybridized carbons (Fsp3) is 0.294. The Morgan fingerprint density at radius 2 is 0.915 bits per heavy atom. The highest BCUT2D eigenvalue weighted by molar-refractivity contribution is 5.94. The second-order valence-electron chi connectivity index (χ2n) is 11.9. The number of aromatic nitrogens is 2. The molecule has 0 saturated carbocycles. The fourth-order valence-electron chi connectivity index (χ4n) is 6.39. The van der Waals surface area contributed by atoms with Crippen molar-refractivity contribution in [2.75, 3.05) is 62.2 Å². The summed E-state index contributed by atoms with van der Waals surface area (Å²) in [6, 6.07) is 26.1. The smallest absolute Gasteiger partial charge is 0.269 e. The number of fused-ring (bicyclic) bond motifs is 2. The zero-order valence-corrected chi connectivity index (χ0v) is 26.6. The maximum atomic E-state index is 11.1. The monoisotopic (exact) mass is 654 g/mol. The van der Waals surface area contributed by atoms with Crippen LogP contribution in [0.2, 0.25) is 0 Å². The maximum absolute atomic E-state index is 11.1. The lowest BCUT2D eigenvalue weighted by molar-refractivity contribution is -0.385. The molecule has 0 N–H and O–H groups in total. The average molecular weight is 655 g/mol. The first-order valence-electron chi connectivity index (χ1n) is 15.5. The van der Waals surface area contributed by atoms with Crippen LogP contribution < -0.4 is 9.80 Å². The molecule has 47 heavy (non-hydrogen) atoms. The van der Waals surface area contributed by atoms with Gasteiger partial charge in [-0.25, -0.2) is 9.97 Å². The number of nitro groups is 2. The van der Waals surface area contributed by atoms with Gasteiger partial charge in [0.25, 0.3) is 11.4 Å². The Balaban J connectivity index is 0.00000386. The van der Waals surface area contributed by atoms with Gasteiger partial charge in [-0.1, -0.05) is 24.3 Å². The minimum absolute atomic E-state index is 0. The van der Waals surface area contributed by atoms with E-state index in [1.54, 1.807) is 24.3 Å². The minimum atomic E-state index is -0.369. The van der Waals surface area contributed by atoms with Crippen molar-refractivity contribution in [1.29, 1.82) is 0 Å². The van der Waals surface area contributed by atoms with Crippen molar-refractivity contribution in [2.45, 2.75) is 13.1 Å². The number of rotatable bonds is 8. The van der Waals surface area contributed by atoms with E-state index in [2.05, 4.69) is 43.9 Å². The highest BCUT2D eigenvalue weighted by atomic mass is 35.5. The molecule has 4 aromatic carbocycles. The van der Waals surface area contributed by atoms with Crippen LogP contribution in [-0.4, -0.2) is 82.0 Å². The van der Waals surface area contributed by atoms with Crippen LogP contribution in [0.25, 0.3) is 21.8 Å². The molecule has 2 aliphatic heterocycles. The predicted octanol–water partition coefficient (Wildman–Crippen LogP) is 5.67. The molecule has 0 amide bonds. The van der Waals surface area contributed by atoms with Gasteiger partial charge in [0.05, 0.1) is 32.3 Å². The highest BCUT2D eigenvalue weighted by Gasteiger charge is 2.23. The number of piperazine rings is 2. The summed E-state index contributed by atoms with van der Waals surface area (Å²) >= 11 is 0. The Hall–Kier alpha value is -4.91. The molecule has 1 aromatic heterocycles. The van der Waals surface area contributed by atoms with Crippen molar-refractivity contribution in [3.8, 4) is 0 Å². The summed E-state index contributed by atoms with van der Waals surface area (Å²) in [5.41, 5.74) is 5.96. The van der Waals surface area contributed by atoms with Crippen molar-refractivity contribution in [2.24, 2.45) is 0 Å². The van der Waals surface area contributed by atoms with E-state index in [4.69, 9.17) is 9.97 Å². The summed E-state index contributed by atoms with van der Waals surface area (Å²) < 4.78 is 0. The van der Waals surface area contributed by atoms with Crippen LogP contribution in [-0.2, 0) is 13.1 Å². The van der Waals surface area contributed by atoms with Gasteiger partial charge in [-0.05, 0) is 47.2 Å². The topological polar surface area (TPSA) is 125 Å². The molecular formula is C34H35ClN8O4. The first-order valence-corrected chi connectivity index (χ1v) is 15.5. The molecule has 2 saturated heterocycles. The molecule has 12 nitrogen and oxygen atoms in total. The number of hydrogen-bond donors (Lipinski definition) is 0. The van der Waals surface area contributed by atoms with E-state index in [-0.39, 0.29) is 33.6 Å². The summed E-state index contributed by atoms with van der Waals surface area (Å²) in [5.74, 6) is 0. The van der Waals surface area contributed by atoms with Gasteiger partial charge >= 0.3 is 0 Å². The van der Waals surface area contributed by atoms with E-state index in [9.17, 15) is 20.2 Å². The number of nitrogens with zero attached hydrogens (tertiary/aromatic N) is 8. The van der Waals surface area contributed by atoms with Crippen LogP contribution in [0, 0.1) is 20.2 Å². The molecule has 13 heteroatoms. The van der Waals surface area contributed by atoms with E-state index >= 15 is 0 Å². The van der Waals surface area contributed by atoms with Crippen molar-refractivity contribution < 1.29 is 9.85 Å². The second-order valence-corrected chi connectivity index (χ2v) is 11.9. The standard InChI is InChI=1S/C34H34N8O4.ClH/c43-41(44)29-9-5-27(6-10-29)39-17-13-37(14-18-39)23-33-34(36-32-22-26-4-2-1-3-25(26)21-31(32)35-33)24-38-15-19-40(20-16-38)28-7-11-30(12-8-28)42(45)46;/h1-12,21-22H,13-20,23-24H2;1H. The van der Waals surface area contributed by atoms with Crippen LogP contribution in [0.3, 0.4) is 0 Å². The third-order valence-corrected chi connectivity index (χ3v) is 9.03. The van der Waals surface area contributed by atoms with Crippen molar-refractivity contribution in [3.05, 3.63) is 117 Å². The molecule has 0 unspecified atom stereocenters. The summed E-state index contributed by atoms with van der Waals surface area (Å²) in [5, 5.41) is 24.4. The van der Waals surface area contributed by atoms with Crippen LogP contribution in [0.4, 0.5) is 22.7 Å². The zero-order chi connectivity index (χ0) is 31.6. The van der Waals surface area contributed by atoms with Gasteiger partial charge in [0.15, 0.2) is 0 Å². The molecular weight excluding hydrogens is 620 g/mol. The van der Waals surface area contributed by atoms with Gasteiger partial charge in [-0.3, -0.25) is 30.0 Å². The lowest BCUT2D eigenvalue weighted by Crippen LogP contribution is -2.47. The Kier molecular flexibility index (Phi) is 9.43. The quantitative estimate of drug-likeness (QED) is 0.117. The molecule has 2 fully saturated rings. The van der Waals surface area contributed by atoms with Crippen LogP contribution in [0.5, 0.6) is 0 Å². The molecule has 0 spiro atoms. The Morgan fingerprint density at radius 1 is 0.553 bits per heavy atom. The average Bonchev–Trinajstić information content (AvgIpc) is 3.08. The molecule has 2 aliphatic rings. The number of benzene rings is 4. The molecule has 242 valence electrons. The van der Waals surface area contributed by atoms with Gasteiger partial charge in [-0.2, -0.15) is 0 Å². The summed E-state index contributed by atoms with van der Waals surface area (Å²) in [6.07, 6.45) is 0. The Bertz CT molecular complexity index is 1750. The van der Waals surface area contributed by atoms with Crippen LogP contribution >= 0.6 is 12.4 Å². The lowest BCUT2D eigenvalue weighted by Gasteiger charge is -2.37. The maximum Gasteiger partial charge on any atom is 0.269 e. The van der Waals surface area contributed by atoms with Gasteiger partial charge in [-0.15, -0.1) is 12.4 Å². The van der Waals surface area contributed by atoms with Gasteiger partial charge in [0, 0.05) is 101 Å². The van der Waals surface area contributed by atoms with Crippen molar-refractivity contribution in [3.63, 3.8) is 0 Å². The number of non-ortho nitro benzene ring substituents is 2. The SMILES string of the molecule is Cl.O=[N+]([O-])c1ccc(N2CCN(Cc3nc4cc5ccccc5cc4nc3CN3CCN(c4ccc([N+](=O)[O-])cc4)CC3)CC2)cc1. The van der Waals surface area contributed by atoms with E-state index in [1.165, 1.54) is 0 Å². The van der Waals surface area contributed by atoms with E-state index in [0.29, 0.717) is 13.1 Å². The third-order valence-electron chi connectivity index (χ3n) is 9.03. The molecule has 0 bridgehead atoms. The summed E-state index contributed by atoms with van der Waals surface area (Å²) in [6.45, 7) is 8.08. The molecule has 5 aromatic rings. The Morgan fingerprint density at radius 3 is 1.26 bits per heavy atom. The molecule has 0 aliphatic carbocycles. The number of halogens is 1. The zero-order valence-electron chi connectivity index (χ0n) is 25.8. The minimum Gasteiger partial charge on any atom is -0.369 e. The third kappa shape index (κ3) is 7.09. The molecule has 0 atom stereocenters. The first kappa shape index (κ1) is 32.0. The molecule has 0 radical (unpaired) electrons. The molecule has 3 heterocycles. The predicted molar refractivity (Wildman–Crippen MR) is 185 cm³/mol. The number of nitro benzene ring substituents is 2. The lowest BCUT2D eigenvalue weighted by atomic mass is 10.1. The van der Waals surface area contributed by atoms with E-state index < -0.39 is 0 Å². The normalized spacial score (nSPS) is 15.9. The molecule has 7 rings (SSSR count). The summed E-state index contributed by atoms with van der Waals surface area (Å²) in [4.78, 5) is 41.1. The van der Waals surface area contributed by atoms with Crippen LogP contribution in [0.1, 0.15) is 11.4 Å². The first-order chi connectivity index (χ1) is 22.4.